The first-order valence-electron chi connectivity index (χ1n) is 27.5. The van der Waals surface area contributed by atoms with Gasteiger partial charge >= 0.3 is 6.09 Å². The van der Waals surface area contributed by atoms with Gasteiger partial charge in [0.25, 0.3) is 0 Å². The van der Waals surface area contributed by atoms with Crippen LogP contribution in [0.15, 0.2) is 159 Å². The number of nitrogen functional groups attached to an aromatic ring is 1. The minimum absolute atomic E-state index is 0.0710. The molecule has 9 aromatic heterocycles. The number of ether oxygens (including phenoxy) is 2. The highest BCUT2D eigenvalue weighted by Gasteiger charge is 2.27. The molecule has 1 atom stereocenters. The Morgan fingerprint density at radius 1 is 0.679 bits per heavy atom. The van der Waals surface area contributed by atoms with Crippen LogP contribution in [0.5, 0.6) is 5.75 Å². The van der Waals surface area contributed by atoms with E-state index in [1.807, 2.05) is 47.3 Å². The van der Waals surface area contributed by atoms with E-state index in [1.165, 1.54) is 12.1 Å². The van der Waals surface area contributed by atoms with Crippen LogP contribution >= 0.6 is 23.2 Å². The van der Waals surface area contributed by atoms with Gasteiger partial charge in [-0.3, -0.25) is 19.6 Å². The zero-order valence-corrected chi connectivity index (χ0v) is 46.8. The Bertz CT molecular complexity index is 4320. The molecule has 1 amide bonds. The minimum Gasteiger partial charge on any atom is -0.482 e. The summed E-state index contributed by atoms with van der Waals surface area (Å²) in [6.45, 7) is 3.65. The molecule has 84 heavy (non-hydrogen) atoms. The molecular formula is C65H53Cl2FN13O3+. The van der Waals surface area contributed by atoms with Gasteiger partial charge in [0, 0.05) is 147 Å². The number of anilines is 1. The number of nitrogens with one attached hydrogen (secondary N) is 2. The zero-order chi connectivity index (χ0) is 57.3. The van der Waals surface area contributed by atoms with Gasteiger partial charge in [-0.05, 0) is 145 Å². The topological polar surface area (TPSA) is 195 Å². The van der Waals surface area contributed by atoms with Crippen molar-refractivity contribution in [2.24, 2.45) is 0 Å². The molecule has 1 saturated heterocycles. The quantitative estimate of drug-likeness (QED) is 0.0564. The number of aromatic nitrogens is 11. The van der Waals surface area contributed by atoms with Crippen LogP contribution in [0.25, 0.3) is 102 Å². The largest absolute Gasteiger partial charge is 0.482 e. The van der Waals surface area contributed by atoms with Gasteiger partial charge in [0.15, 0.2) is 30.5 Å². The van der Waals surface area contributed by atoms with E-state index in [1.54, 1.807) is 67.5 Å². The molecule has 1 fully saturated rings. The summed E-state index contributed by atoms with van der Waals surface area (Å²) in [4.78, 5) is 50.8. The van der Waals surface area contributed by atoms with E-state index in [-0.39, 0.29) is 34.6 Å². The summed E-state index contributed by atoms with van der Waals surface area (Å²) < 4.78 is 30.3. The number of halogens is 3. The number of H-pyrrole nitrogens is 2. The fourth-order valence-corrected chi connectivity index (χ4v) is 11.8. The molecule has 416 valence electrons. The maximum atomic E-state index is 14.3. The van der Waals surface area contributed by atoms with Gasteiger partial charge in [-0.25, -0.2) is 28.7 Å². The van der Waals surface area contributed by atoms with Crippen molar-refractivity contribution in [2.75, 3.05) is 25.4 Å². The molecule has 10 aromatic rings. The van der Waals surface area contributed by atoms with Crippen molar-refractivity contribution in [1.29, 1.82) is 0 Å². The summed E-state index contributed by atoms with van der Waals surface area (Å²) in [5.74, 6) is -0.141. The van der Waals surface area contributed by atoms with Crippen molar-refractivity contribution < 1.29 is 23.2 Å². The lowest BCUT2D eigenvalue weighted by Gasteiger charge is -2.31. The fraction of sp³-hybridized carbons (Fsp3) is 0.154. The second kappa shape index (κ2) is 23.2. The van der Waals surface area contributed by atoms with Crippen molar-refractivity contribution in [3.05, 3.63) is 203 Å². The van der Waals surface area contributed by atoms with Gasteiger partial charge in [-0.1, -0.05) is 23.2 Å². The Hall–Kier alpha value is -9.84. The van der Waals surface area contributed by atoms with E-state index < -0.39 is 11.9 Å². The van der Waals surface area contributed by atoms with Gasteiger partial charge in [0.1, 0.15) is 11.9 Å². The number of pyridine rings is 5. The van der Waals surface area contributed by atoms with E-state index in [0.717, 1.165) is 100 Å². The van der Waals surface area contributed by atoms with Crippen LogP contribution < -0.4 is 15.0 Å². The normalized spacial score (nSPS) is 13.5. The number of aromatic amines is 2. The number of hydrogen-bond donors (Lipinski definition) is 3. The first-order chi connectivity index (χ1) is 41.1. The van der Waals surface area contributed by atoms with Gasteiger partial charge < -0.3 is 30.1 Å². The molecule has 0 spiro atoms. The fourth-order valence-electron chi connectivity index (χ4n) is 11.1. The van der Waals surface area contributed by atoms with Crippen LogP contribution in [0.4, 0.5) is 15.0 Å². The third kappa shape index (κ3) is 10.8. The number of nitrogens with two attached hydrogens (primary N) is 1. The smallest absolute Gasteiger partial charge is 0.409 e. The summed E-state index contributed by atoms with van der Waals surface area (Å²) in [5.41, 5.74) is 22.4. The third-order valence-corrected chi connectivity index (χ3v) is 16.0. The Morgan fingerprint density at radius 3 is 1.69 bits per heavy atom. The molecule has 1 aromatic carbocycles. The van der Waals surface area contributed by atoms with E-state index >= 15 is 0 Å². The number of likely N-dealkylation sites (tertiary alicyclic amines) is 1. The zero-order valence-electron chi connectivity index (χ0n) is 45.3. The number of hydrogen-bond acceptors (Lipinski definition) is 11. The molecular weight excluding hydrogens is 1100 g/mol. The lowest BCUT2D eigenvalue weighted by atomic mass is 10.0. The van der Waals surface area contributed by atoms with Crippen molar-refractivity contribution in [2.45, 2.75) is 44.9 Å². The van der Waals surface area contributed by atoms with Crippen LogP contribution in [-0.4, -0.2) is 80.3 Å². The molecule has 0 unspecified atom stereocenters. The first-order valence-corrected chi connectivity index (χ1v) is 28.2. The van der Waals surface area contributed by atoms with Crippen LogP contribution in [-0.2, 0) is 11.3 Å². The molecule has 0 saturated carbocycles. The Labute approximate surface area is 491 Å². The van der Waals surface area contributed by atoms with Gasteiger partial charge in [0.2, 0.25) is 0 Å². The number of nitrogens with zero attached hydrogens (tertiary/aromatic N) is 10. The Balaban J connectivity index is 0.719. The Morgan fingerprint density at radius 2 is 1.18 bits per heavy atom. The molecule has 8 bridgehead atoms. The predicted octanol–water partition coefficient (Wildman–Crippen LogP) is 14.1. The Kier molecular flexibility index (Phi) is 14.8. The first kappa shape index (κ1) is 53.5. The number of carbonyl (C=O) groups excluding carboxylic acids is 1. The number of fused-ring (bicyclic) bond motifs is 8. The summed E-state index contributed by atoms with van der Waals surface area (Å²) >= 11 is 12.6. The van der Waals surface area contributed by atoms with Gasteiger partial charge in [-0.15, -0.1) is 0 Å². The van der Waals surface area contributed by atoms with Crippen molar-refractivity contribution in [1.82, 2.24) is 54.6 Å². The summed E-state index contributed by atoms with van der Waals surface area (Å²) in [6, 6.07) is 29.1. The van der Waals surface area contributed by atoms with E-state index in [0.29, 0.717) is 50.2 Å². The maximum absolute atomic E-state index is 14.3. The van der Waals surface area contributed by atoms with Crippen molar-refractivity contribution in [3.63, 3.8) is 0 Å². The number of carbonyl (C=O) groups is 1. The standard InChI is InChI=1S/C65H52Cl2FN13O3/c1-39(58-47(66)3-4-48(68)63(58)67)84-57-35-44(36-73-64(57)69)45-37-74-81(38-45)46-21-32-80(33-22-46)65(82)83-34-2-29-79-30-19-43(20-31-79)62-55-11-9-53(77-55)60(41-15-25-71-26-16-41)51-7-5-49(75-51)59(40-13-23-70-24-14-40)50-6-8-52(76-50)61(42-17-27-72-28-18-42)54-10-12-56(62)78-54/h3-20,23-28,30-31,35-39,46H,2,21-22,29,32-34H2,1H3,(H3,69,73,75,76,77,78)/p+1/t39-/m0/s1. The minimum atomic E-state index is -0.715. The highest BCUT2D eigenvalue weighted by atomic mass is 35.5. The van der Waals surface area contributed by atoms with E-state index in [2.05, 4.69) is 113 Å². The predicted molar refractivity (Wildman–Crippen MR) is 325 cm³/mol. The molecule has 3 aliphatic rings. The molecule has 13 rings (SSSR count). The SMILES string of the molecule is C[C@H](Oc1cc(-c2cnn(C3CCN(C(=O)OCCC[n+]4ccc(-c5c6nc(c(-c7ccncc7)c7ccc([nH]7)c(-c7ccncc7)c7nc(c(-c8ccncc8)c8ccc5[nH]8)C=C7)C=C6)cc4)CC3)c2)cnc1N)c1c(Cl)ccc(F)c1Cl. The average Bonchev–Trinajstić information content (AvgIpc) is 4.37. The third-order valence-electron chi connectivity index (χ3n) is 15.3. The van der Waals surface area contributed by atoms with E-state index in [4.69, 9.17) is 48.4 Å². The lowest BCUT2D eigenvalue weighted by Crippen LogP contribution is -2.40. The summed E-state index contributed by atoms with van der Waals surface area (Å²) in [7, 11) is 0. The molecule has 19 heteroatoms. The molecule has 0 radical (unpaired) electrons. The van der Waals surface area contributed by atoms with Crippen LogP contribution in [0.1, 0.15) is 66.7 Å². The van der Waals surface area contributed by atoms with Gasteiger partial charge in [-0.2, -0.15) is 5.10 Å². The second-order valence-electron chi connectivity index (χ2n) is 20.6. The molecule has 16 nitrogen and oxygen atoms in total. The monoisotopic (exact) mass is 1150 g/mol. The highest BCUT2D eigenvalue weighted by Crippen LogP contribution is 2.40. The molecule has 3 aliphatic heterocycles. The summed E-state index contributed by atoms with van der Waals surface area (Å²) in [5, 5.41) is 4.83. The number of amides is 1. The molecule has 12 heterocycles. The van der Waals surface area contributed by atoms with Gasteiger partial charge in [0.05, 0.1) is 46.6 Å². The molecule has 0 aliphatic carbocycles. The average molecular weight is 1150 g/mol. The van der Waals surface area contributed by atoms with E-state index in [9.17, 15) is 9.18 Å². The molecule has 4 N–H and O–H groups in total. The van der Waals surface area contributed by atoms with Crippen LogP contribution in [0, 0.1) is 5.82 Å². The van der Waals surface area contributed by atoms with Crippen molar-refractivity contribution in [3.8, 4) is 61.4 Å². The number of benzene rings is 1. The number of piperidine rings is 1. The van der Waals surface area contributed by atoms with Crippen LogP contribution in [0.3, 0.4) is 0 Å². The maximum Gasteiger partial charge on any atom is 0.409 e. The lowest BCUT2D eigenvalue weighted by molar-refractivity contribution is -0.697. The van der Waals surface area contributed by atoms with Crippen LogP contribution in [0.2, 0.25) is 10.0 Å². The summed E-state index contributed by atoms with van der Waals surface area (Å²) in [6.07, 6.45) is 29.5. The van der Waals surface area contributed by atoms with Crippen molar-refractivity contribution >= 4 is 81.5 Å². The number of rotatable bonds is 13. The second-order valence-corrected chi connectivity index (χ2v) is 21.3. The highest BCUT2D eigenvalue weighted by molar-refractivity contribution is 6.36. The number of aryl methyl sites for hydroxylation is 1.